The minimum Gasteiger partial charge on any atom is -0.349 e. The van der Waals surface area contributed by atoms with Crippen molar-refractivity contribution >= 4 is 17.7 Å². The van der Waals surface area contributed by atoms with E-state index in [1.807, 2.05) is 61.0 Å². The number of nitrogens with one attached hydrogen (secondary N) is 1. The first-order valence-corrected chi connectivity index (χ1v) is 9.46. The van der Waals surface area contributed by atoms with Crippen molar-refractivity contribution in [2.24, 2.45) is 7.05 Å². The number of hydrogen-bond acceptors (Lipinski definition) is 4. The van der Waals surface area contributed by atoms with Crippen LogP contribution in [0.3, 0.4) is 0 Å². The van der Waals surface area contributed by atoms with Crippen LogP contribution >= 0.6 is 11.8 Å². The van der Waals surface area contributed by atoms with Gasteiger partial charge in [-0.25, -0.2) is 0 Å². The molecule has 5 nitrogen and oxygen atoms in total. The largest absolute Gasteiger partial charge is 0.349 e. The van der Waals surface area contributed by atoms with Gasteiger partial charge in [-0.3, -0.25) is 4.79 Å². The first-order chi connectivity index (χ1) is 12.5. The maximum Gasteiger partial charge on any atom is 0.230 e. The van der Waals surface area contributed by atoms with Gasteiger partial charge >= 0.3 is 0 Å². The summed E-state index contributed by atoms with van der Waals surface area (Å²) in [5.74, 6) is 1.08. The highest BCUT2D eigenvalue weighted by Gasteiger charge is 2.14. The van der Waals surface area contributed by atoms with E-state index in [2.05, 4.69) is 34.6 Å². The molecule has 26 heavy (non-hydrogen) atoms. The van der Waals surface area contributed by atoms with Crippen molar-refractivity contribution in [2.45, 2.75) is 25.0 Å². The summed E-state index contributed by atoms with van der Waals surface area (Å²) in [6.45, 7) is 4.03. The molecule has 6 heteroatoms. The van der Waals surface area contributed by atoms with Gasteiger partial charge in [0.2, 0.25) is 5.91 Å². The maximum absolute atomic E-state index is 12.2. The number of hydrogen-bond donors (Lipinski definition) is 1. The van der Waals surface area contributed by atoms with E-state index in [0.717, 1.165) is 22.1 Å². The number of aromatic nitrogens is 3. The van der Waals surface area contributed by atoms with E-state index in [0.29, 0.717) is 5.75 Å². The van der Waals surface area contributed by atoms with Crippen molar-refractivity contribution in [1.82, 2.24) is 20.1 Å². The van der Waals surface area contributed by atoms with Crippen molar-refractivity contribution in [3.05, 3.63) is 65.7 Å². The molecule has 0 aliphatic carbocycles. The molecule has 0 unspecified atom stereocenters. The smallest absolute Gasteiger partial charge is 0.230 e. The molecule has 1 N–H and O–H groups in total. The third-order valence-corrected chi connectivity index (χ3v) is 5.17. The van der Waals surface area contributed by atoms with Crippen LogP contribution in [0.2, 0.25) is 0 Å². The second kappa shape index (κ2) is 8.19. The molecule has 1 heterocycles. The van der Waals surface area contributed by atoms with Crippen molar-refractivity contribution in [2.75, 3.05) is 5.75 Å². The summed E-state index contributed by atoms with van der Waals surface area (Å²) < 4.78 is 1.92. The lowest BCUT2D eigenvalue weighted by Crippen LogP contribution is -2.28. The fourth-order valence-corrected chi connectivity index (χ4v) is 3.36. The van der Waals surface area contributed by atoms with E-state index in [9.17, 15) is 4.79 Å². The molecule has 0 aliphatic rings. The first-order valence-electron chi connectivity index (χ1n) is 8.48. The van der Waals surface area contributed by atoms with E-state index in [-0.39, 0.29) is 11.9 Å². The summed E-state index contributed by atoms with van der Waals surface area (Å²) in [6.07, 6.45) is 0. The zero-order chi connectivity index (χ0) is 18.5. The molecule has 0 fully saturated rings. The third kappa shape index (κ3) is 4.32. The normalized spacial score (nSPS) is 12.0. The van der Waals surface area contributed by atoms with Crippen LogP contribution in [0, 0.1) is 6.92 Å². The number of aryl methyl sites for hydroxylation is 1. The van der Waals surface area contributed by atoms with Gasteiger partial charge in [0, 0.05) is 12.6 Å². The number of amides is 1. The predicted octanol–water partition coefficient (Wildman–Crippen LogP) is 3.76. The van der Waals surface area contributed by atoms with Crippen LogP contribution < -0.4 is 5.32 Å². The van der Waals surface area contributed by atoms with Crippen molar-refractivity contribution in [3.8, 4) is 11.4 Å². The Kier molecular flexibility index (Phi) is 5.73. The van der Waals surface area contributed by atoms with E-state index in [1.54, 1.807) is 0 Å². The van der Waals surface area contributed by atoms with Crippen LogP contribution in [0.25, 0.3) is 11.4 Å². The maximum atomic E-state index is 12.2. The van der Waals surface area contributed by atoms with Gasteiger partial charge in [0.1, 0.15) is 0 Å². The van der Waals surface area contributed by atoms with Crippen molar-refractivity contribution in [3.63, 3.8) is 0 Å². The molecular formula is C20H22N4OS. The standard InChI is InChI=1S/C20H22N4OS/c1-14-9-11-17(12-10-14)19-22-23-20(24(19)3)26-13-18(25)21-15(2)16-7-5-4-6-8-16/h4-12,15H,13H2,1-3H3,(H,21,25)/t15-/m0/s1. The highest BCUT2D eigenvalue weighted by atomic mass is 32.2. The van der Waals surface area contributed by atoms with Gasteiger partial charge in [-0.05, 0) is 19.4 Å². The Hall–Kier alpha value is -2.60. The molecule has 134 valence electrons. The summed E-state index contributed by atoms with van der Waals surface area (Å²) in [5.41, 5.74) is 3.31. The lowest BCUT2D eigenvalue weighted by atomic mass is 10.1. The first kappa shape index (κ1) is 18.2. The summed E-state index contributed by atoms with van der Waals surface area (Å²) in [5, 5.41) is 12.2. The van der Waals surface area contributed by atoms with Gasteiger partial charge in [-0.1, -0.05) is 71.9 Å². The quantitative estimate of drug-likeness (QED) is 0.675. The fourth-order valence-electron chi connectivity index (χ4n) is 2.63. The third-order valence-electron chi connectivity index (χ3n) is 4.15. The molecule has 2 aromatic carbocycles. The van der Waals surface area contributed by atoms with Gasteiger partial charge in [-0.15, -0.1) is 10.2 Å². The Labute approximate surface area is 157 Å². The molecule has 3 aromatic rings. The Morgan fingerprint density at radius 2 is 1.81 bits per heavy atom. The molecule has 1 aromatic heterocycles. The monoisotopic (exact) mass is 366 g/mol. The fraction of sp³-hybridized carbons (Fsp3) is 0.250. The summed E-state index contributed by atoms with van der Waals surface area (Å²) >= 11 is 1.39. The summed E-state index contributed by atoms with van der Waals surface area (Å²) in [4.78, 5) is 12.2. The molecule has 3 rings (SSSR count). The minimum absolute atomic E-state index is 0.0214. The number of carbonyl (C=O) groups is 1. The SMILES string of the molecule is Cc1ccc(-c2nnc(SCC(=O)N[C@@H](C)c3ccccc3)n2C)cc1. The van der Waals surface area contributed by atoms with E-state index in [4.69, 9.17) is 0 Å². The molecular weight excluding hydrogens is 344 g/mol. The second-order valence-corrected chi connectivity index (χ2v) is 7.16. The van der Waals surface area contributed by atoms with Gasteiger partial charge in [0.05, 0.1) is 11.8 Å². The summed E-state index contributed by atoms with van der Waals surface area (Å²) in [6, 6.07) is 18.1. The number of carbonyl (C=O) groups excluding carboxylic acids is 1. The van der Waals surface area contributed by atoms with Gasteiger partial charge in [0.25, 0.3) is 0 Å². The molecule has 0 saturated carbocycles. The van der Waals surface area contributed by atoms with E-state index >= 15 is 0 Å². The molecule has 0 bridgehead atoms. The topological polar surface area (TPSA) is 59.8 Å². The molecule has 0 radical (unpaired) electrons. The Morgan fingerprint density at radius 3 is 2.50 bits per heavy atom. The Bertz CT molecular complexity index is 875. The zero-order valence-corrected chi connectivity index (χ0v) is 16.0. The van der Waals surface area contributed by atoms with E-state index in [1.165, 1.54) is 17.3 Å². The molecule has 0 saturated heterocycles. The predicted molar refractivity (Wildman–Crippen MR) is 105 cm³/mol. The lowest BCUT2D eigenvalue weighted by molar-refractivity contribution is -0.119. The summed E-state index contributed by atoms with van der Waals surface area (Å²) in [7, 11) is 1.92. The van der Waals surface area contributed by atoms with Gasteiger partial charge in [-0.2, -0.15) is 0 Å². The Balaban J connectivity index is 1.60. The molecule has 1 amide bonds. The van der Waals surface area contributed by atoms with Gasteiger partial charge < -0.3 is 9.88 Å². The number of benzene rings is 2. The average molecular weight is 366 g/mol. The highest BCUT2D eigenvalue weighted by molar-refractivity contribution is 7.99. The molecule has 0 aliphatic heterocycles. The molecule has 0 spiro atoms. The molecule has 1 atom stereocenters. The number of thioether (sulfide) groups is 1. The Morgan fingerprint density at radius 1 is 1.12 bits per heavy atom. The average Bonchev–Trinajstić information content (AvgIpc) is 3.02. The van der Waals surface area contributed by atoms with Crippen LogP contribution in [-0.2, 0) is 11.8 Å². The number of rotatable bonds is 6. The van der Waals surface area contributed by atoms with E-state index < -0.39 is 0 Å². The zero-order valence-electron chi connectivity index (χ0n) is 15.1. The van der Waals surface area contributed by atoms with Gasteiger partial charge in [0.15, 0.2) is 11.0 Å². The van der Waals surface area contributed by atoms with Crippen LogP contribution in [0.5, 0.6) is 0 Å². The van der Waals surface area contributed by atoms with Crippen LogP contribution in [-0.4, -0.2) is 26.4 Å². The van der Waals surface area contributed by atoms with Crippen molar-refractivity contribution in [1.29, 1.82) is 0 Å². The minimum atomic E-state index is -0.0220. The number of nitrogens with zero attached hydrogens (tertiary/aromatic N) is 3. The van der Waals surface area contributed by atoms with Crippen LogP contribution in [0.1, 0.15) is 24.1 Å². The highest BCUT2D eigenvalue weighted by Crippen LogP contribution is 2.23. The van der Waals surface area contributed by atoms with Crippen molar-refractivity contribution < 1.29 is 4.79 Å². The van der Waals surface area contributed by atoms with Crippen LogP contribution in [0.15, 0.2) is 59.8 Å². The second-order valence-electron chi connectivity index (χ2n) is 6.22. The van der Waals surface area contributed by atoms with Crippen LogP contribution in [0.4, 0.5) is 0 Å². The lowest BCUT2D eigenvalue weighted by Gasteiger charge is -2.14.